The quantitative estimate of drug-likeness (QED) is 0.485. The number of carboxylic acids is 1. The van der Waals surface area contributed by atoms with Crippen LogP contribution in [-0.4, -0.2) is 30.1 Å². The molecule has 0 unspecified atom stereocenters. The minimum atomic E-state index is -1.15. The topological polar surface area (TPSA) is 75.6 Å². The molecule has 0 bridgehead atoms. The number of carbonyl (C=O) groups is 2. The van der Waals surface area contributed by atoms with Gasteiger partial charge in [0.2, 0.25) is 0 Å². The number of rotatable bonds is 8. The fourth-order valence-corrected chi connectivity index (χ4v) is 3.85. The van der Waals surface area contributed by atoms with Crippen molar-refractivity contribution in [2.45, 2.75) is 19.1 Å². The van der Waals surface area contributed by atoms with E-state index < -0.39 is 17.9 Å². The van der Waals surface area contributed by atoms with Gasteiger partial charge in [-0.1, -0.05) is 77.8 Å². The molecule has 3 rings (SSSR count). The number of aliphatic carboxylic acids is 1. The summed E-state index contributed by atoms with van der Waals surface area (Å²) in [6.45, 7) is 0.496. The molecule has 5 nitrogen and oxygen atoms in total. The zero-order chi connectivity index (χ0) is 22.4. The molecule has 0 radical (unpaired) electrons. The van der Waals surface area contributed by atoms with Gasteiger partial charge in [0.05, 0.1) is 22.2 Å². The van der Waals surface area contributed by atoms with Crippen molar-refractivity contribution in [3.05, 3.63) is 93.5 Å². The lowest BCUT2D eigenvalue weighted by Crippen LogP contribution is -2.42. The number of hydrogen-bond donors (Lipinski definition) is 2. The average Bonchev–Trinajstić information content (AvgIpc) is 2.74. The Morgan fingerprint density at radius 1 is 0.968 bits per heavy atom. The number of carbonyl (C=O) groups excluding carboxylic acids is 1. The van der Waals surface area contributed by atoms with Crippen LogP contribution in [0.1, 0.15) is 21.5 Å². The summed E-state index contributed by atoms with van der Waals surface area (Å²) in [5.41, 5.74) is 3.93. The third-order valence-corrected chi connectivity index (χ3v) is 5.45. The van der Waals surface area contributed by atoms with Gasteiger partial charge in [-0.2, -0.15) is 0 Å². The van der Waals surface area contributed by atoms with Crippen LogP contribution in [0.15, 0.2) is 66.7 Å². The van der Waals surface area contributed by atoms with E-state index in [0.717, 1.165) is 22.3 Å². The number of nitrogens with one attached hydrogen (secondary N) is 1. The maximum absolute atomic E-state index is 12.6. The van der Waals surface area contributed by atoms with Crippen LogP contribution in [0.2, 0.25) is 10.0 Å². The Morgan fingerprint density at radius 2 is 1.61 bits per heavy atom. The Hall–Kier alpha value is -2.86. The molecule has 0 spiro atoms. The van der Waals surface area contributed by atoms with E-state index in [9.17, 15) is 14.7 Å². The molecule has 0 aliphatic heterocycles. The lowest BCUT2D eigenvalue weighted by atomic mass is 9.97. The summed E-state index contributed by atoms with van der Waals surface area (Å²) in [6.07, 6.45) is 0.114. The largest absolute Gasteiger partial charge is 0.480 e. The van der Waals surface area contributed by atoms with Crippen LogP contribution < -0.4 is 5.32 Å². The van der Waals surface area contributed by atoms with Crippen molar-refractivity contribution in [3.63, 3.8) is 0 Å². The highest BCUT2D eigenvalue weighted by Crippen LogP contribution is 2.26. The van der Waals surface area contributed by atoms with Gasteiger partial charge in [-0.25, -0.2) is 4.79 Å². The molecule has 0 fully saturated rings. The first-order valence-corrected chi connectivity index (χ1v) is 10.3. The van der Waals surface area contributed by atoms with E-state index in [-0.39, 0.29) is 22.0 Å². The van der Waals surface area contributed by atoms with Gasteiger partial charge < -0.3 is 15.2 Å². The molecular formula is C24H21Cl2NO4. The number of hydrogen-bond acceptors (Lipinski definition) is 3. The molecular weight excluding hydrogens is 437 g/mol. The van der Waals surface area contributed by atoms with Crippen molar-refractivity contribution in [1.82, 2.24) is 5.32 Å². The Morgan fingerprint density at radius 3 is 2.23 bits per heavy atom. The highest BCUT2D eigenvalue weighted by atomic mass is 35.5. The van der Waals surface area contributed by atoms with E-state index in [2.05, 4.69) is 5.32 Å². The first-order valence-electron chi connectivity index (χ1n) is 9.54. The Labute approximate surface area is 190 Å². The highest BCUT2D eigenvalue weighted by molar-refractivity contribution is 6.39. The smallest absolute Gasteiger partial charge is 0.326 e. The minimum Gasteiger partial charge on any atom is -0.480 e. The molecule has 0 aromatic heterocycles. The maximum Gasteiger partial charge on any atom is 0.326 e. The van der Waals surface area contributed by atoms with Gasteiger partial charge in [0, 0.05) is 13.5 Å². The predicted molar refractivity (Wildman–Crippen MR) is 122 cm³/mol. The summed E-state index contributed by atoms with van der Waals surface area (Å²) >= 11 is 12.1. The van der Waals surface area contributed by atoms with Crippen LogP contribution in [0.25, 0.3) is 11.1 Å². The fourth-order valence-electron chi connectivity index (χ4n) is 3.28. The molecule has 160 valence electrons. The van der Waals surface area contributed by atoms with Crippen LogP contribution in [0.5, 0.6) is 0 Å². The standard InChI is InChI=1S/C24H21Cl2NO4/c1-31-14-17-5-2-3-6-18(17)16-11-9-15(10-12-16)13-21(24(29)30)27-23(28)22-19(25)7-4-8-20(22)26/h2-12,21H,13-14H2,1H3,(H,27,28)(H,29,30)/t21-/m0/s1. The number of benzene rings is 3. The van der Waals surface area contributed by atoms with Crippen LogP contribution >= 0.6 is 23.2 Å². The third kappa shape index (κ3) is 5.64. The molecule has 0 aliphatic carbocycles. The highest BCUT2D eigenvalue weighted by Gasteiger charge is 2.23. The lowest BCUT2D eigenvalue weighted by molar-refractivity contribution is -0.139. The van der Waals surface area contributed by atoms with Gasteiger partial charge in [0.15, 0.2) is 0 Å². The number of halogens is 2. The molecule has 0 saturated carbocycles. The summed E-state index contributed by atoms with van der Waals surface area (Å²) in [7, 11) is 1.65. The van der Waals surface area contributed by atoms with E-state index in [1.54, 1.807) is 13.2 Å². The van der Waals surface area contributed by atoms with E-state index in [0.29, 0.717) is 6.61 Å². The van der Waals surface area contributed by atoms with Crippen LogP contribution in [0, 0.1) is 0 Å². The second-order valence-corrected chi connectivity index (χ2v) is 7.77. The molecule has 0 aliphatic rings. The summed E-state index contributed by atoms with van der Waals surface area (Å²) in [6, 6.07) is 19.0. The molecule has 2 N–H and O–H groups in total. The minimum absolute atomic E-state index is 0.0576. The number of ether oxygens (including phenoxy) is 1. The van der Waals surface area contributed by atoms with Crippen molar-refractivity contribution in [1.29, 1.82) is 0 Å². The molecule has 1 atom stereocenters. The van der Waals surface area contributed by atoms with Gasteiger partial charge in [0.1, 0.15) is 6.04 Å². The Bertz CT molecular complexity index is 1060. The van der Waals surface area contributed by atoms with Crippen LogP contribution in [0.3, 0.4) is 0 Å². The zero-order valence-corrected chi connectivity index (χ0v) is 18.3. The van der Waals surface area contributed by atoms with Gasteiger partial charge in [-0.3, -0.25) is 4.79 Å². The van der Waals surface area contributed by atoms with Crippen molar-refractivity contribution in [3.8, 4) is 11.1 Å². The van der Waals surface area contributed by atoms with Crippen molar-refractivity contribution in [2.24, 2.45) is 0 Å². The molecule has 0 saturated heterocycles. The second kappa shape index (κ2) is 10.4. The van der Waals surface area contributed by atoms with Gasteiger partial charge in [-0.05, 0) is 34.4 Å². The van der Waals surface area contributed by atoms with Crippen molar-refractivity contribution in [2.75, 3.05) is 7.11 Å². The van der Waals surface area contributed by atoms with E-state index in [4.69, 9.17) is 27.9 Å². The number of methoxy groups -OCH3 is 1. The van der Waals surface area contributed by atoms with Gasteiger partial charge >= 0.3 is 5.97 Å². The van der Waals surface area contributed by atoms with E-state index in [1.165, 1.54) is 12.1 Å². The van der Waals surface area contributed by atoms with E-state index >= 15 is 0 Å². The van der Waals surface area contributed by atoms with E-state index in [1.807, 2.05) is 48.5 Å². The Kier molecular flexibility index (Phi) is 7.69. The van der Waals surface area contributed by atoms with Crippen LogP contribution in [-0.2, 0) is 22.6 Å². The third-order valence-electron chi connectivity index (χ3n) is 4.82. The summed E-state index contributed by atoms with van der Waals surface area (Å²) in [5.74, 6) is -1.78. The summed E-state index contributed by atoms with van der Waals surface area (Å²) in [4.78, 5) is 24.3. The molecule has 1 amide bonds. The molecule has 3 aromatic carbocycles. The fraction of sp³-hybridized carbons (Fsp3) is 0.167. The number of carboxylic acid groups (broad SMARTS) is 1. The van der Waals surface area contributed by atoms with Crippen molar-refractivity contribution >= 4 is 35.1 Å². The normalized spacial score (nSPS) is 11.7. The Balaban J connectivity index is 1.77. The summed E-state index contributed by atoms with van der Waals surface area (Å²) < 4.78 is 5.26. The van der Waals surface area contributed by atoms with Crippen LogP contribution in [0.4, 0.5) is 0 Å². The zero-order valence-electron chi connectivity index (χ0n) is 16.8. The monoisotopic (exact) mass is 457 g/mol. The molecule has 0 heterocycles. The van der Waals surface area contributed by atoms with Crippen molar-refractivity contribution < 1.29 is 19.4 Å². The number of amides is 1. The first-order chi connectivity index (χ1) is 14.9. The maximum atomic E-state index is 12.6. The molecule has 3 aromatic rings. The predicted octanol–water partition coefficient (Wildman–Crippen LogP) is 5.23. The molecule has 7 heteroatoms. The average molecular weight is 458 g/mol. The van der Waals surface area contributed by atoms with Gasteiger partial charge in [-0.15, -0.1) is 0 Å². The summed E-state index contributed by atoms with van der Waals surface area (Å²) in [5, 5.41) is 12.4. The first kappa shape index (κ1) is 22.8. The second-order valence-electron chi connectivity index (χ2n) is 6.95. The SMILES string of the molecule is COCc1ccccc1-c1ccc(C[C@H](NC(=O)c2c(Cl)cccc2Cl)C(=O)O)cc1. The lowest BCUT2D eigenvalue weighted by Gasteiger charge is -2.16. The van der Waals surface area contributed by atoms with Gasteiger partial charge in [0.25, 0.3) is 5.91 Å². The molecule has 31 heavy (non-hydrogen) atoms.